The fourth-order valence-corrected chi connectivity index (χ4v) is 3.88. The summed E-state index contributed by atoms with van der Waals surface area (Å²) in [5.74, 6) is 2.82. The topological polar surface area (TPSA) is 6.48 Å². The van der Waals surface area contributed by atoms with Gasteiger partial charge >= 0.3 is 0 Å². The van der Waals surface area contributed by atoms with E-state index < -0.39 is 0 Å². The third-order valence-electron chi connectivity index (χ3n) is 5.62. The lowest BCUT2D eigenvalue weighted by atomic mass is 9.85. The van der Waals surface area contributed by atoms with Crippen molar-refractivity contribution in [2.45, 2.75) is 59.4 Å². The summed E-state index contributed by atoms with van der Waals surface area (Å²) in [6, 6.07) is 0.726. The third kappa shape index (κ3) is 4.19. The van der Waals surface area contributed by atoms with Gasteiger partial charge in [-0.15, -0.1) is 0 Å². The standard InChI is InChI=1S/C17H34N2/c1-5-16-6-9-18(10-7-16)13-17-8-11-19(14(2)3)12-15(17)4/h14-17H,5-13H2,1-4H3/t15-,17-/m1/s1. The monoisotopic (exact) mass is 266 g/mol. The highest BCUT2D eigenvalue weighted by atomic mass is 15.2. The minimum absolute atomic E-state index is 0.726. The molecule has 2 fully saturated rings. The van der Waals surface area contributed by atoms with E-state index in [4.69, 9.17) is 0 Å². The molecule has 0 radical (unpaired) electrons. The van der Waals surface area contributed by atoms with Crippen LogP contribution in [0.4, 0.5) is 0 Å². The minimum atomic E-state index is 0.726. The van der Waals surface area contributed by atoms with E-state index in [1.54, 1.807) is 0 Å². The Labute approximate surface area is 120 Å². The van der Waals surface area contributed by atoms with E-state index in [0.29, 0.717) is 0 Å². The van der Waals surface area contributed by atoms with Gasteiger partial charge in [0.05, 0.1) is 0 Å². The van der Waals surface area contributed by atoms with Crippen LogP contribution in [-0.4, -0.2) is 48.6 Å². The first-order valence-corrected chi connectivity index (χ1v) is 8.56. The van der Waals surface area contributed by atoms with E-state index in [1.165, 1.54) is 58.4 Å². The van der Waals surface area contributed by atoms with E-state index >= 15 is 0 Å². The van der Waals surface area contributed by atoms with E-state index in [-0.39, 0.29) is 0 Å². The van der Waals surface area contributed by atoms with Crippen molar-refractivity contribution in [1.29, 1.82) is 0 Å². The fourth-order valence-electron chi connectivity index (χ4n) is 3.88. The lowest BCUT2D eigenvalue weighted by molar-refractivity contribution is 0.0667. The second-order valence-electron chi connectivity index (χ2n) is 7.27. The van der Waals surface area contributed by atoms with Gasteiger partial charge in [-0.25, -0.2) is 0 Å². The maximum absolute atomic E-state index is 2.75. The number of likely N-dealkylation sites (tertiary alicyclic amines) is 2. The molecule has 0 aliphatic carbocycles. The molecule has 19 heavy (non-hydrogen) atoms. The molecule has 0 aromatic carbocycles. The summed E-state index contributed by atoms with van der Waals surface area (Å²) in [6.45, 7) is 16.2. The van der Waals surface area contributed by atoms with Crippen molar-refractivity contribution < 1.29 is 0 Å². The molecule has 0 unspecified atom stereocenters. The molecule has 2 aliphatic rings. The Balaban J connectivity index is 1.75. The van der Waals surface area contributed by atoms with E-state index in [1.807, 2.05) is 0 Å². The quantitative estimate of drug-likeness (QED) is 0.769. The smallest absolute Gasteiger partial charge is 0.00387 e. The molecule has 2 saturated heterocycles. The second kappa shape index (κ2) is 7.08. The Morgan fingerprint density at radius 1 is 1.05 bits per heavy atom. The van der Waals surface area contributed by atoms with Crippen molar-refractivity contribution in [3.05, 3.63) is 0 Å². The molecular weight excluding hydrogens is 232 g/mol. The Bertz CT molecular complexity index is 256. The summed E-state index contributed by atoms with van der Waals surface area (Å²) in [5, 5.41) is 0. The molecule has 2 heterocycles. The fraction of sp³-hybridized carbons (Fsp3) is 1.00. The van der Waals surface area contributed by atoms with Gasteiger partial charge in [0.15, 0.2) is 0 Å². The molecule has 0 bridgehead atoms. The molecular formula is C17H34N2. The van der Waals surface area contributed by atoms with Gasteiger partial charge in [0.1, 0.15) is 0 Å². The van der Waals surface area contributed by atoms with Crippen LogP contribution in [0.1, 0.15) is 53.4 Å². The molecule has 0 aromatic heterocycles. The van der Waals surface area contributed by atoms with E-state index in [2.05, 4.69) is 37.5 Å². The van der Waals surface area contributed by atoms with Crippen LogP contribution < -0.4 is 0 Å². The first-order valence-electron chi connectivity index (χ1n) is 8.56. The average Bonchev–Trinajstić information content (AvgIpc) is 2.41. The van der Waals surface area contributed by atoms with Crippen molar-refractivity contribution in [3.63, 3.8) is 0 Å². The zero-order chi connectivity index (χ0) is 13.8. The van der Waals surface area contributed by atoms with Gasteiger partial charge in [-0.3, -0.25) is 0 Å². The van der Waals surface area contributed by atoms with Gasteiger partial charge in [-0.1, -0.05) is 20.3 Å². The predicted molar refractivity (Wildman–Crippen MR) is 83.4 cm³/mol. The molecule has 0 aromatic rings. The molecule has 2 nitrogen and oxygen atoms in total. The molecule has 2 rings (SSSR count). The number of piperidine rings is 2. The summed E-state index contributed by atoms with van der Waals surface area (Å²) < 4.78 is 0. The number of hydrogen-bond acceptors (Lipinski definition) is 2. The van der Waals surface area contributed by atoms with Crippen LogP contribution >= 0.6 is 0 Å². The lowest BCUT2D eigenvalue weighted by Crippen LogP contribution is -2.47. The zero-order valence-corrected chi connectivity index (χ0v) is 13.6. The minimum Gasteiger partial charge on any atom is -0.303 e. The number of nitrogens with zero attached hydrogens (tertiary/aromatic N) is 2. The molecule has 0 amide bonds. The van der Waals surface area contributed by atoms with Gasteiger partial charge in [0, 0.05) is 19.1 Å². The van der Waals surface area contributed by atoms with Crippen molar-refractivity contribution in [3.8, 4) is 0 Å². The van der Waals surface area contributed by atoms with Crippen molar-refractivity contribution in [1.82, 2.24) is 9.80 Å². The first kappa shape index (κ1) is 15.3. The van der Waals surface area contributed by atoms with Crippen molar-refractivity contribution in [2.75, 3.05) is 32.7 Å². The van der Waals surface area contributed by atoms with Crippen molar-refractivity contribution >= 4 is 0 Å². The SMILES string of the molecule is CCC1CCN(C[C@H]2CCN(C(C)C)C[C@H]2C)CC1. The van der Waals surface area contributed by atoms with Gasteiger partial charge in [-0.05, 0) is 70.5 Å². The van der Waals surface area contributed by atoms with Gasteiger partial charge < -0.3 is 9.80 Å². The highest BCUT2D eigenvalue weighted by molar-refractivity contribution is 4.83. The van der Waals surface area contributed by atoms with Crippen LogP contribution in [0, 0.1) is 17.8 Å². The van der Waals surface area contributed by atoms with Crippen LogP contribution in [0.15, 0.2) is 0 Å². The second-order valence-corrected chi connectivity index (χ2v) is 7.27. The Kier molecular flexibility index (Phi) is 5.70. The molecule has 0 saturated carbocycles. The molecule has 0 spiro atoms. The number of hydrogen-bond donors (Lipinski definition) is 0. The van der Waals surface area contributed by atoms with E-state index in [9.17, 15) is 0 Å². The largest absolute Gasteiger partial charge is 0.303 e. The predicted octanol–water partition coefficient (Wildman–Crippen LogP) is 3.47. The Morgan fingerprint density at radius 3 is 2.26 bits per heavy atom. The van der Waals surface area contributed by atoms with Crippen LogP contribution in [0.5, 0.6) is 0 Å². The highest BCUT2D eigenvalue weighted by Crippen LogP contribution is 2.27. The summed E-state index contributed by atoms with van der Waals surface area (Å²) in [6.07, 6.45) is 5.68. The summed E-state index contributed by atoms with van der Waals surface area (Å²) in [7, 11) is 0. The average molecular weight is 266 g/mol. The third-order valence-corrected chi connectivity index (χ3v) is 5.62. The lowest BCUT2D eigenvalue weighted by Gasteiger charge is -2.42. The summed E-state index contributed by atoms with van der Waals surface area (Å²) in [4.78, 5) is 5.41. The Morgan fingerprint density at radius 2 is 1.74 bits per heavy atom. The summed E-state index contributed by atoms with van der Waals surface area (Å²) >= 11 is 0. The maximum Gasteiger partial charge on any atom is 0.00387 e. The molecule has 2 atom stereocenters. The van der Waals surface area contributed by atoms with Gasteiger partial charge in [-0.2, -0.15) is 0 Å². The van der Waals surface area contributed by atoms with Crippen LogP contribution in [0.25, 0.3) is 0 Å². The molecule has 2 aliphatic heterocycles. The van der Waals surface area contributed by atoms with Gasteiger partial charge in [0.25, 0.3) is 0 Å². The molecule has 112 valence electrons. The van der Waals surface area contributed by atoms with Gasteiger partial charge in [0.2, 0.25) is 0 Å². The maximum atomic E-state index is 2.75. The van der Waals surface area contributed by atoms with E-state index in [0.717, 1.165) is 23.8 Å². The first-order chi connectivity index (χ1) is 9.10. The highest BCUT2D eigenvalue weighted by Gasteiger charge is 2.29. The Hall–Kier alpha value is -0.0800. The van der Waals surface area contributed by atoms with Crippen molar-refractivity contribution in [2.24, 2.45) is 17.8 Å². The molecule has 2 heteroatoms. The molecule has 0 N–H and O–H groups in total. The van der Waals surface area contributed by atoms with Crippen LogP contribution in [-0.2, 0) is 0 Å². The number of rotatable bonds is 4. The normalized spacial score (nSPS) is 32.1. The zero-order valence-electron chi connectivity index (χ0n) is 13.6. The van der Waals surface area contributed by atoms with Crippen LogP contribution in [0.3, 0.4) is 0 Å². The van der Waals surface area contributed by atoms with Crippen LogP contribution in [0.2, 0.25) is 0 Å². The summed E-state index contributed by atoms with van der Waals surface area (Å²) in [5.41, 5.74) is 0.